The van der Waals surface area contributed by atoms with Crippen LogP contribution in [-0.4, -0.2) is 50.2 Å². The minimum atomic E-state index is -0.442. The summed E-state index contributed by atoms with van der Waals surface area (Å²) in [4.78, 5) is 16.5. The van der Waals surface area contributed by atoms with Crippen molar-refractivity contribution >= 4 is 24.1 Å². The Morgan fingerprint density at radius 2 is 1.93 bits per heavy atom. The normalized spacial score (nSPS) is 14.6. The quantitative estimate of drug-likeness (QED) is 0.632. The number of benzene rings is 2. The van der Waals surface area contributed by atoms with E-state index in [1.807, 2.05) is 48.2 Å². The zero-order chi connectivity index (χ0) is 20.8. The third kappa shape index (κ3) is 4.39. The first-order valence-electron chi connectivity index (χ1n) is 9.58. The maximum atomic E-state index is 13.0. The Kier molecular flexibility index (Phi) is 6.49. The van der Waals surface area contributed by atoms with Crippen molar-refractivity contribution in [2.45, 2.75) is 19.4 Å². The molecule has 0 bridgehead atoms. The number of methoxy groups -OCH3 is 1. The fourth-order valence-electron chi connectivity index (χ4n) is 3.46. The second-order valence-corrected chi connectivity index (χ2v) is 6.72. The van der Waals surface area contributed by atoms with Crippen molar-refractivity contribution in [2.24, 2.45) is 0 Å². The molecule has 7 heteroatoms. The van der Waals surface area contributed by atoms with Crippen LogP contribution in [0.15, 0.2) is 42.5 Å². The van der Waals surface area contributed by atoms with Gasteiger partial charge in [-0.05, 0) is 30.7 Å². The average Bonchev–Trinajstić information content (AvgIpc) is 3.10. The lowest BCUT2D eigenvalue weighted by atomic mass is 10.00. The molecule has 1 aliphatic heterocycles. The van der Waals surface area contributed by atoms with Gasteiger partial charge in [0.25, 0.3) is 0 Å². The zero-order valence-corrected chi connectivity index (χ0v) is 16.7. The highest BCUT2D eigenvalue weighted by Crippen LogP contribution is 2.31. The number of hydrogen-bond donors (Lipinski definition) is 2. The van der Waals surface area contributed by atoms with Gasteiger partial charge >= 0.3 is 6.03 Å². The maximum Gasteiger partial charge on any atom is 0.324 e. The first-order chi connectivity index (χ1) is 14.1. The number of ether oxygens (including phenoxy) is 2. The maximum absolute atomic E-state index is 13.0. The fourth-order valence-corrected chi connectivity index (χ4v) is 3.46. The molecule has 0 aliphatic carbocycles. The van der Waals surface area contributed by atoms with Crippen LogP contribution in [0.25, 0.3) is 0 Å². The summed E-state index contributed by atoms with van der Waals surface area (Å²) < 4.78 is 11.0. The van der Waals surface area contributed by atoms with E-state index in [-0.39, 0.29) is 6.03 Å². The molecule has 0 aromatic heterocycles. The van der Waals surface area contributed by atoms with Gasteiger partial charge in [0.05, 0.1) is 19.6 Å². The lowest BCUT2D eigenvalue weighted by Crippen LogP contribution is -2.31. The van der Waals surface area contributed by atoms with Crippen LogP contribution in [0.2, 0.25) is 0 Å². The van der Waals surface area contributed by atoms with Crippen LogP contribution in [0.5, 0.6) is 11.5 Å². The molecule has 0 saturated carbocycles. The van der Waals surface area contributed by atoms with Gasteiger partial charge in [0.2, 0.25) is 0 Å². The lowest BCUT2D eigenvalue weighted by Gasteiger charge is -2.21. The number of nitrogens with one attached hydrogen (secondary N) is 2. The molecule has 1 fully saturated rings. The molecule has 0 unspecified atom stereocenters. The molecule has 2 aromatic rings. The predicted octanol–water partition coefficient (Wildman–Crippen LogP) is 3.92. The number of anilines is 1. The standard InChI is InChI=1S/C22H26N4O3/c1-3-29-19-6-4-5-16(11-19)15-25-9-10-26(22(25)27)18-7-8-20(17(13-23)14-24)21(12-18)28-2/h4-8,11-14,17,23-24H,3,9-10,15H2,1-2H3. The molecule has 3 rings (SSSR count). The summed E-state index contributed by atoms with van der Waals surface area (Å²) in [5.74, 6) is 0.929. The van der Waals surface area contributed by atoms with Gasteiger partial charge < -0.3 is 25.2 Å². The predicted molar refractivity (Wildman–Crippen MR) is 114 cm³/mol. The van der Waals surface area contributed by atoms with Gasteiger partial charge in [-0.25, -0.2) is 4.79 Å². The lowest BCUT2D eigenvalue weighted by molar-refractivity contribution is 0.218. The van der Waals surface area contributed by atoms with Crippen LogP contribution in [0.3, 0.4) is 0 Å². The minimum Gasteiger partial charge on any atom is -0.496 e. The van der Waals surface area contributed by atoms with Crippen LogP contribution in [0.1, 0.15) is 24.0 Å². The Balaban J connectivity index is 1.76. The Morgan fingerprint density at radius 1 is 1.14 bits per heavy atom. The third-order valence-electron chi connectivity index (χ3n) is 4.92. The van der Waals surface area contributed by atoms with Crippen molar-refractivity contribution in [3.05, 3.63) is 53.6 Å². The van der Waals surface area contributed by atoms with Crippen molar-refractivity contribution in [1.29, 1.82) is 10.8 Å². The first-order valence-corrected chi connectivity index (χ1v) is 9.58. The summed E-state index contributed by atoms with van der Waals surface area (Å²) in [6.45, 7) is 4.29. The number of urea groups is 1. The fraction of sp³-hybridized carbons (Fsp3) is 0.318. The first kappa shape index (κ1) is 20.4. The van der Waals surface area contributed by atoms with E-state index in [1.165, 1.54) is 12.4 Å². The summed E-state index contributed by atoms with van der Waals surface area (Å²) in [7, 11) is 1.55. The molecule has 7 nitrogen and oxygen atoms in total. The van der Waals surface area contributed by atoms with Crippen LogP contribution < -0.4 is 14.4 Å². The highest BCUT2D eigenvalue weighted by molar-refractivity contribution is 5.95. The summed E-state index contributed by atoms with van der Waals surface area (Å²) >= 11 is 0. The number of carbonyl (C=O) groups is 1. The minimum absolute atomic E-state index is 0.0581. The highest BCUT2D eigenvalue weighted by atomic mass is 16.5. The van der Waals surface area contributed by atoms with Gasteiger partial charge in [-0.1, -0.05) is 18.2 Å². The van der Waals surface area contributed by atoms with Gasteiger partial charge in [0, 0.05) is 49.4 Å². The monoisotopic (exact) mass is 394 g/mol. The Morgan fingerprint density at radius 3 is 2.62 bits per heavy atom. The molecule has 0 atom stereocenters. The Hall–Kier alpha value is -3.35. The SMILES string of the molecule is CCOc1cccc(CN2CCN(c3ccc(C(C=N)C=N)c(OC)c3)C2=O)c1. The third-order valence-corrected chi connectivity index (χ3v) is 4.92. The van der Waals surface area contributed by atoms with E-state index in [0.29, 0.717) is 32.0 Å². The van der Waals surface area contributed by atoms with Crippen LogP contribution in [-0.2, 0) is 6.54 Å². The smallest absolute Gasteiger partial charge is 0.324 e. The molecular formula is C22H26N4O3. The number of rotatable bonds is 9. The summed E-state index contributed by atoms with van der Waals surface area (Å²) in [6, 6.07) is 13.2. The summed E-state index contributed by atoms with van der Waals surface area (Å²) in [5.41, 5.74) is 2.51. The van der Waals surface area contributed by atoms with Crippen molar-refractivity contribution in [1.82, 2.24) is 4.90 Å². The Labute approximate surface area is 170 Å². The molecule has 152 valence electrons. The van der Waals surface area contributed by atoms with Crippen LogP contribution >= 0.6 is 0 Å². The van der Waals surface area contributed by atoms with Crippen molar-refractivity contribution in [3.63, 3.8) is 0 Å². The van der Waals surface area contributed by atoms with Gasteiger partial charge in [-0.2, -0.15) is 0 Å². The van der Waals surface area contributed by atoms with Gasteiger partial charge in [-0.3, -0.25) is 4.90 Å². The van der Waals surface area contributed by atoms with Crippen molar-refractivity contribution in [3.8, 4) is 11.5 Å². The number of carbonyl (C=O) groups excluding carboxylic acids is 1. The van der Waals surface area contributed by atoms with E-state index in [9.17, 15) is 4.79 Å². The summed E-state index contributed by atoms with van der Waals surface area (Å²) in [6.07, 6.45) is 2.40. The second kappa shape index (κ2) is 9.23. The molecule has 2 N–H and O–H groups in total. The van der Waals surface area contributed by atoms with Gasteiger partial charge in [0.15, 0.2) is 0 Å². The summed E-state index contributed by atoms with van der Waals surface area (Å²) in [5, 5.41) is 15.0. The van der Waals surface area contributed by atoms with Crippen LogP contribution in [0.4, 0.5) is 10.5 Å². The molecule has 2 aromatic carbocycles. The topological polar surface area (TPSA) is 89.7 Å². The number of nitrogens with zero attached hydrogens (tertiary/aromatic N) is 2. The van der Waals surface area contributed by atoms with E-state index in [2.05, 4.69) is 0 Å². The van der Waals surface area contributed by atoms with Crippen LogP contribution in [0, 0.1) is 10.8 Å². The molecular weight excluding hydrogens is 368 g/mol. The molecule has 2 amide bonds. The number of amides is 2. The Bertz CT molecular complexity index is 891. The highest BCUT2D eigenvalue weighted by Gasteiger charge is 2.30. The largest absolute Gasteiger partial charge is 0.496 e. The molecule has 0 radical (unpaired) electrons. The second-order valence-electron chi connectivity index (χ2n) is 6.72. The molecule has 0 spiro atoms. The molecule has 29 heavy (non-hydrogen) atoms. The van der Waals surface area contributed by atoms with Crippen molar-refractivity contribution < 1.29 is 14.3 Å². The average molecular weight is 394 g/mol. The van der Waals surface area contributed by atoms with Crippen molar-refractivity contribution in [2.75, 3.05) is 31.7 Å². The number of hydrogen-bond acceptors (Lipinski definition) is 5. The van der Waals surface area contributed by atoms with E-state index in [4.69, 9.17) is 20.3 Å². The van der Waals surface area contributed by atoms with E-state index < -0.39 is 5.92 Å². The molecule has 1 heterocycles. The molecule has 1 saturated heterocycles. The van der Waals surface area contributed by atoms with E-state index in [1.54, 1.807) is 18.1 Å². The van der Waals surface area contributed by atoms with Gasteiger partial charge in [-0.15, -0.1) is 0 Å². The molecule has 1 aliphatic rings. The van der Waals surface area contributed by atoms with E-state index in [0.717, 1.165) is 22.6 Å². The zero-order valence-electron chi connectivity index (χ0n) is 16.7. The van der Waals surface area contributed by atoms with E-state index >= 15 is 0 Å². The van der Waals surface area contributed by atoms with Gasteiger partial charge in [0.1, 0.15) is 11.5 Å².